The molecule has 1 aliphatic heterocycles. The predicted molar refractivity (Wildman–Crippen MR) is 95.0 cm³/mol. The van der Waals surface area contributed by atoms with Gasteiger partial charge >= 0.3 is 6.03 Å². The lowest BCUT2D eigenvalue weighted by molar-refractivity contribution is -0.115. The van der Waals surface area contributed by atoms with E-state index in [0.717, 1.165) is 6.08 Å². The fourth-order valence-corrected chi connectivity index (χ4v) is 6.48. The van der Waals surface area contributed by atoms with Crippen LogP contribution >= 0.6 is 7.14 Å². The summed E-state index contributed by atoms with van der Waals surface area (Å²) in [6, 6.07) is 7.98. The van der Waals surface area contributed by atoms with Crippen molar-refractivity contribution in [2.24, 2.45) is 0 Å². The number of carbonyl (C=O) groups is 2. The molecule has 7 nitrogen and oxygen atoms in total. The van der Waals surface area contributed by atoms with Gasteiger partial charge in [0, 0.05) is 17.5 Å². The maximum atomic E-state index is 13.5. The van der Waals surface area contributed by atoms with Gasteiger partial charge < -0.3 is 19.7 Å². The molecule has 0 radical (unpaired) electrons. The van der Waals surface area contributed by atoms with Crippen LogP contribution in [0.1, 0.15) is 20.3 Å². The van der Waals surface area contributed by atoms with Gasteiger partial charge in [-0.25, -0.2) is 4.79 Å². The molecule has 0 unspecified atom stereocenters. The summed E-state index contributed by atoms with van der Waals surface area (Å²) >= 11 is 0. The average Bonchev–Trinajstić information content (AvgIpc) is 2.81. The molecule has 3 amide bonds. The average molecular weight is 366 g/mol. The Bertz CT molecular complexity index is 702. The standard InChI is InChI=1S/C17H23N2O5P/c1-3-24-11-9-14(20)18-16(21)19-15-17(2,22)10-12-25(15,23)13-7-5-4-6-8-13/h4-9,11,15,22H,3,10,12H2,1-2H3,(H2,18,19,20,21)/b11-9+/t15-,17-,25+/m1/s1. The van der Waals surface area contributed by atoms with Crippen LogP contribution in [0.2, 0.25) is 0 Å². The number of imide groups is 1. The summed E-state index contributed by atoms with van der Waals surface area (Å²) in [7, 11) is -3.05. The van der Waals surface area contributed by atoms with Crippen molar-refractivity contribution >= 4 is 24.4 Å². The van der Waals surface area contributed by atoms with Crippen molar-refractivity contribution in [3.63, 3.8) is 0 Å². The fourth-order valence-electron chi connectivity index (χ4n) is 2.85. The normalized spacial score (nSPS) is 28.7. The molecule has 1 saturated heterocycles. The largest absolute Gasteiger partial charge is 0.501 e. The lowest BCUT2D eigenvalue weighted by Gasteiger charge is -2.30. The Morgan fingerprint density at radius 1 is 1.40 bits per heavy atom. The number of hydrogen-bond acceptors (Lipinski definition) is 5. The number of carbonyl (C=O) groups excluding carboxylic acids is 2. The summed E-state index contributed by atoms with van der Waals surface area (Å²) in [5.74, 6) is -1.63. The third-order valence-corrected chi connectivity index (χ3v) is 7.72. The molecule has 136 valence electrons. The Labute approximate surface area is 146 Å². The van der Waals surface area contributed by atoms with Crippen LogP contribution in [0.4, 0.5) is 4.79 Å². The fraction of sp³-hybridized carbons (Fsp3) is 0.412. The van der Waals surface area contributed by atoms with Crippen molar-refractivity contribution in [3.05, 3.63) is 42.7 Å². The number of hydrogen-bond donors (Lipinski definition) is 3. The van der Waals surface area contributed by atoms with Crippen molar-refractivity contribution < 1.29 is 24.0 Å². The zero-order chi connectivity index (χ0) is 18.5. The van der Waals surface area contributed by atoms with Crippen LogP contribution in [0.5, 0.6) is 0 Å². The first-order chi connectivity index (χ1) is 11.8. The van der Waals surface area contributed by atoms with Crippen molar-refractivity contribution in [3.8, 4) is 0 Å². The summed E-state index contributed by atoms with van der Waals surface area (Å²) in [6.07, 6.45) is 2.84. The lowest BCUT2D eigenvalue weighted by atomic mass is 10.0. The number of aliphatic hydroxyl groups is 1. The Hall–Kier alpha value is -2.11. The minimum atomic E-state index is -3.05. The summed E-state index contributed by atoms with van der Waals surface area (Å²) < 4.78 is 18.4. The molecule has 1 fully saturated rings. The highest BCUT2D eigenvalue weighted by molar-refractivity contribution is 7.72. The maximum Gasteiger partial charge on any atom is 0.322 e. The summed E-state index contributed by atoms with van der Waals surface area (Å²) in [4.78, 5) is 23.7. The Morgan fingerprint density at radius 2 is 2.08 bits per heavy atom. The molecule has 1 aromatic rings. The van der Waals surface area contributed by atoms with E-state index in [0.29, 0.717) is 18.3 Å². The summed E-state index contributed by atoms with van der Waals surface area (Å²) in [5.41, 5.74) is -1.33. The Morgan fingerprint density at radius 3 is 2.72 bits per heavy atom. The molecule has 3 atom stereocenters. The van der Waals surface area contributed by atoms with Gasteiger partial charge in [0.2, 0.25) is 0 Å². The summed E-state index contributed by atoms with van der Waals surface area (Å²) in [5, 5.41) is 15.8. The van der Waals surface area contributed by atoms with Gasteiger partial charge in [0.1, 0.15) is 12.9 Å². The molecule has 0 saturated carbocycles. The second-order valence-electron chi connectivity index (χ2n) is 6.09. The molecule has 1 heterocycles. The molecule has 0 bridgehead atoms. The van der Waals surface area contributed by atoms with Crippen LogP contribution in [0.3, 0.4) is 0 Å². The zero-order valence-corrected chi connectivity index (χ0v) is 15.2. The van der Waals surface area contributed by atoms with E-state index in [4.69, 9.17) is 4.74 Å². The van der Waals surface area contributed by atoms with Gasteiger partial charge in [-0.05, 0) is 20.3 Å². The molecule has 1 aromatic carbocycles. The van der Waals surface area contributed by atoms with E-state index in [1.807, 2.05) is 6.07 Å². The van der Waals surface area contributed by atoms with Crippen molar-refractivity contribution in [2.75, 3.05) is 12.8 Å². The first kappa shape index (κ1) is 19.2. The van der Waals surface area contributed by atoms with Crippen LogP contribution < -0.4 is 15.9 Å². The third-order valence-electron chi connectivity index (χ3n) is 4.14. The number of nitrogens with one attached hydrogen (secondary N) is 2. The van der Waals surface area contributed by atoms with E-state index >= 15 is 0 Å². The SMILES string of the molecule is CCO/C=C/C(=O)NC(=O)N[C@H]1[C@](C)(O)CC[P@]1(=O)c1ccccc1. The molecule has 0 aliphatic carbocycles. The summed E-state index contributed by atoms with van der Waals surface area (Å²) in [6.45, 7) is 3.71. The lowest BCUT2D eigenvalue weighted by Crippen LogP contribution is -2.52. The molecule has 8 heteroatoms. The van der Waals surface area contributed by atoms with Crippen LogP contribution in [-0.2, 0) is 14.1 Å². The second kappa shape index (κ2) is 7.85. The van der Waals surface area contributed by atoms with E-state index in [9.17, 15) is 19.3 Å². The first-order valence-electron chi connectivity index (χ1n) is 8.06. The first-order valence-corrected chi connectivity index (χ1v) is 10.0. The van der Waals surface area contributed by atoms with Gasteiger partial charge in [-0.2, -0.15) is 0 Å². The number of amides is 3. The van der Waals surface area contributed by atoms with Crippen molar-refractivity contribution in [1.82, 2.24) is 10.6 Å². The van der Waals surface area contributed by atoms with Crippen molar-refractivity contribution in [1.29, 1.82) is 0 Å². The monoisotopic (exact) mass is 366 g/mol. The minimum Gasteiger partial charge on any atom is -0.501 e. The third kappa shape index (κ3) is 4.50. The zero-order valence-electron chi connectivity index (χ0n) is 14.3. The van der Waals surface area contributed by atoms with Crippen LogP contribution in [0, 0.1) is 0 Å². The molecule has 25 heavy (non-hydrogen) atoms. The topological polar surface area (TPSA) is 105 Å². The van der Waals surface area contributed by atoms with Gasteiger partial charge in [0.05, 0.1) is 18.5 Å². The van der Waals surface area contributed by atoms with Gasteiger partial charge in [-0.15, -0.1) is 0 Å². The van der Waals surface area contributed by atoms with Crippen LogP contribution in [-0.4, -0.2) is 41.2 Å². The second-order valence-corrected chi connectivity index (χ2v) is 9.16. The number of ether oxygens (including phenoxy) is 1. The highest BCUT2D eigenvalue weighted by Crippen LogP contribution is 2.59. The molecule has 0 spiro atoms. The molecule has 1 aliphatic rings. The minimum absolute atomic E-state index is 0.285. The van der Waals surface area contributed by atoms with Gasteiger partial charge in [0.25, 0.3) is 5.91 Å². The van der Waals surface area contributed by atoms with Gasteiger partial charge in [-0.3, -0.25) is 10.1 Å². The smallest absolute Gasteiger partial charge is 0.322 e. The van der Waals surface area contributed by atoms with E-state index in [1.54, 1.807) is 31.2 Å². The number of urea groups is 1. The van der Waals surface area contributed by atoms with Crippen LogP contribution in [0.25, 0.3) is 0 Å². The van der Waals surface area contributed by atoms with Gasteiger partial charge in [0.15, 0.2) is 0 Å². The highest BCUT2D eigenvalue weighted by Gasteiger charge is 2.53. The van der Waals surface area contributed by atoms with Gasteiger partial charge in [-0.1, -0.05) is 30.3 Å². The van der Waals surface area contributed by atoms with Crippen LogP contribution in [0.15, 0.2) is 42.7 Å². The predicted octanol–water partition coefficient (Wildman–Crippen LogP) is 1.53. The van der Waals surface area contributed by atoms with E-state index < -0.39 is 30.5 Å². The molecule has 3 N–H and O–H groups in total. The Kier molecular flexibility index (Phi) is 6.03. The van der Waals surface area contributed by atoms with E-state index in [2.05, 4.69) is 10.6 Å². The Balaban J connectivity index is 2.13. The molecular formula is C17H23N2O5P. The quantitative estimate of drug-likeness (QED) is 0.416. The van der Waals surface area contributed by atoms with Crippen molar-refractivity contribution in [2.45, 2.75) is 31.7 Å². The van der Waals surface area contributed by atoms with E-state index in [1.165, 1.54) is 13.2 Å². The number of benzene rings is 1. The highest BCUT2D eigenvalue weighted by atomic mass is 31.2. The maximum absolute atomic E-state index is 13.5. The molecule has 2 rings (SSSR count). The van der Waals surface area contributed by atoms with E-state index in [-0.39, 0.29) is 6.16 Å². The molecular weight excluding hydrogens is 343 g/mol. The number of rotatable bonds is 5. The molecule has 0 aromatic heterocycles.